The van der Waals surface area contributed by atoms with Gasteiger partial charge in [0.2, 0.25) is 10.0 Å². The van der Waals surface area contributed by atoms with Gasteiger partial charge < -0.3 is 10.1 Å². The Balaban J connectivity index is 2.99. The van der Waals surface area contributed by atoms with Crippen molar-refractivity contribution in [3.05, 3.63) is 23.8 Å². The molecule has 0 fully saturated rings. The molecule has 0 saturated carbocycles. The summed E-state index contributed by atoms with van der Waals surface area (Å²) in [5, 5.41) is 3.25. The van der Waals surface area contributed by atoms with Gasteiger partial charge in [0.05, 0.1) is 7.11 Å². The molecule has 0 aliphatic heterocycles. The van der Waals surface area contributed by atoms with Crippen LogP contribution >= 0.6 is 0 Å². The van der Waals surface area contributed by atoms with Gasteiger partial charge in [0.15, 0.2) is 0 Å². The van der Waals surface area contributed by atoms with Crippen molar-refractivity contribution in [2.75, 3.05) is 20.2 Å². The van der Waals surface area contributed by atoms with Crippen molar-refractivity contribution in [3.63, 3.8) is 0 Å². The largest absolute Gasteiger partial charge is 0.495 e. The Hall–Kier alpha value is -1.11. The molecule has 0 heterocycles. The third-order valence-electron chi connectivity index (χ3n) is 2.82. The lowest BCUT2D eigenvalue weighted by atomic mass is 10.2. The van der Waals surface area contributed by atoms with Gasteiger partial charge in [-0.05, 0) is 37.1 Å². The van der Waals surface area contributed by atoms with E-state index >= 15 is 0 Å². The van der Waals surface area contributed by atoms with Gasteiger partial charge in [-0.2, -0.15) is 0 Å². The number of rotatable bonds is 9. The molecular weight excluding hydrogens is 276 g/mol. The molecule has 0 spiro atoms. The van der Waals surface area contributed by atoms with Crippen LogP contribution in [-0.4, -0.2) is 28.6 Å². The van der Waals surface area contributed by atoms with Crippen molar-refractivity contribution in [2.24, 2.45) is 0 Å². The molecule has 0 aliphatic rings. The Kier molecular flexibility index (Phi) is 6.98. The minimum atomic E-state index is -3.52. The zero-order chi connectivity index (χ0) is 15.0. The normalized spacial score (nSPS) is 11.6. The highest BCUT2D eigenvalue weighted by molar-refractivity contribution is 7.89. The Labute approximate surface area is 121 Å². The van der Waals surface area contributed by atoms with Gasteiger partial charge in [-0.1, -0.05) is 19.9 Å². The second-order valence-corrected chi connectivity index (χ2v) is 6.30. The summed E-state index contributed by atoms with van der Waals surface area (Å²) in [6.45, 7) is 5.98. The minimum Gasteiger partial charge on any atom is -0.495 e. The molecule has 2 N–H and O–H groups in total. The molecular formula is C14H24N2O3S. The Morgan fingerprint density at radius 2 is 1.85 bits per heavy atom. The van der Waals surface area contributed by atoms with Gasteiger partial charge in [-0.3, -0.25) is 0 Å². The first-order chi connectivity index (χ1) is 9.55. The lowest BCUT2D eigenvalue weighted by molar-refractivity contribution is 0.402. The van der Waals surface area contributed by atoms with Crippen molar-refractivity contribution in [1.29, 1.82) is 0 Å². The number of hydrogen-bond donors (Lipinski definition) is 2. The van der Waals surface area contributed by atoms with Gasteiger partial charge in [-0.25, -0.2) is 13.1 Å². The van der Waals surface area contributed by atoms with Gasteiger partial charge in [-0.15, -0.1) is 0 Å². The number of methoxy groups -OCH3 is 1. The Bertz CT molecular complexity index is 515. The third kappa shape index (κ3) is 4.77. The van der Waals surface area contributed by atoms with Gasteiger partial charge in [0, 0.05) is 13.1 Å². The summed E-state index contributed by atoms with van der Waals surface area (Å²) in [5.74, 6) is 0.368. The van der Waals surface area contributed by atoms with E-state index in [2.05, 4.69) is 17.0 Å². The van der Waals surface area contributed by atoms with Crippen molar-refractivity contribution in [3.8, 4) is 5.75 Å². The molecule has 0 bridgehead atoms. The van der Waals surface area contributed by atoms with E-state index in [0.717, 1.165) is 24.9 Å². The molecule has 0 atom stereocenters. The molecule has 0 aliphatic carbocycles. The number of benzene rings is 1. The molecule has 0 unspecified atom stereocenters. The standard InChI is InChI=1S/C14H24N2O3S/c1-4-8-15-11-12-6-7-13(19-3)14(10-12)20(17,18)16-9-5-2/h6-7,10,15-16H,4-5,8-9,11H2,1-3H3. The SMILES string of the molecule is CCCNCc1ccc(OC)c(S(=O)(=O)NCCC)c1. The maximum atomic E-state index is 12.2. The topological polar surface area (TPSA) is 67.4 Å². The molecule has 114 valence electrons. The molecule has 0 amide bonds. The molecule has 0 aromatic heterocycles. The maximum absolute atomic E-state index is 12.2. The van der Waals surface area contributed by atoms with Crippen LogP contribution in [0.15, 0.2) is 23.1 Å². The van der Waals surface area contributed by atoms with Crippen LogP contribution in [0.5, 0.6) is 5.75 Å². The summed E-state index contributed by atoms with van der Waals surface area (Å²) < 4.78 is 32.2. The van der Waals surface area contributed by atoms with Gasteiger partial charge >= 0.3 is 0 Å². The van der Waals surface area contributed by atoms with Crippen LogP contribution < -0.4 is 14.8 Å². The van der Waals surface area contributed by atoms with Crippen molar-refractivity contribution < 1.29 is 13.2 Å². The summed E-state index contributed by atoms with van der Waals surface area (Å²) in [6, 6.07) is 5.24. The predicted molar refractivity (Wildman–Crippen MR) is 80.5 cm³/mol. The lowest BCUT2D eigenvalue weighted by Gasteiger charge is -2.12. The second-order valence-electron chi connectivity index (χ2n) is 4.56. The average Bonchev–Trinajstić information content (AvgIpc) is 2.45. The van der Waals surface area contributed by atoms with E-state index in [1.54, 1.807) is 12.1 Å². The first kappa shape index (κ1) is 16.9. The van der Waals surface area contributed by atoms with Crippen LogP contribution in [0, 0.1) is 0 Å². The summed E-state index contributed by atoms with van der Waals surface area (Å²) in [7, 11) is -2.05. The number of hydrogen-bond acceptors (Lipinski definition) is 4. The van der Waals surface area contributed by atoms with Crippen molar-refractivity contribution in [1.82, 2.24) is 10.0 Å². The summed E-state index contributed by atoms with van der Waals surface area (Å²) in [4.78, 5) is 0.198. The van der Waals surface area contributed by atoms with Crippen LogP contribution in [0.3, 0.4) is 0 Å². The predicted octanol–water partition coefficient (Wildman–Crippen LogP) is 1.88. The smallest absolute Gasteiger partial charge is 0.244 e. The molecule has 5 nitrogen and oxygen atoms in total. The summed E-state index contributed by atoms with van der Waals surface area (Å²) in [6.07, 6.45) is 1.79. The zero-order valence-corrected chi connectivity index (χ0v) is 13.2. The second kappa shape index (κ2) is 8.24. The maximum Gasteiger partial charge on any atom is 0.244 e. The first-order valence-electron chi connectivity index (χ1n) is 6.92. The fraction of sp³-hybridized carbons (Fsp3) is 0.571. The monoisotopic (exact) mass is 300 g/mol. The molecule has 1 aromatic rings. The van der Waals surface area contributed by atoms with E-state index < -0.39 is 10.0 Å². The van der Waals surface area contributed by atoms with E-state index in [1.807, 2.05) is 13.0 Å². The van der Waals surface area contributed by atoms with Crippen LogP contribution in [0.2, 0.25) is 0 Å². The van der Waals surface area contributed by atoms with Crippen LogP contribution in [0.4, 0.5) is 0 Å². The van der Waals surface area contributed by atoms with E-state index in [4.69, 9.17) is 4.74 Å². The molecule has 1 aromatic carbocycles. The highest BCUT2D eigenvalue weighted by Crippen LogP contribution is 2.24. The van der Waals surface area contributed by atoms with Crippen LogP contribution in [0.1, 0.15) is 32.3 Å². The first-order valence-corrected chi connectivity index (χ1v) is 8.40. The molecule has 0 radical (unpaired) electrons. The van der Waals surface area contributed by atoms with Gasteiger partial charge in [0.1, 0.15) is 10.6 Å². The highest BCUT2D eigenvalue weighted by atomic mass is 32.2. The number of ether oxygens (including phenoxy) is 1. The average molecular weight is 300 g/mol. The van der Waals surface area contributed by atoms with E-state index in [9.17, 15) is 8.42 Å². The summed E-state index contributed by atoms with van der Waals surface area (Å²) >= 11 is 0. The van der Waals surface area contributed by atoms with Crippen molar-refractivity contribution >= 4 is 10.0 Å². The molecule has 6 heteroatoms. The van der Waals surface area contributed by atoms with Crippen LogP contribution in [0.25, 0.3) is 0 Å². The number of sulfonamides is 1. The fourth-order valence-electron chi connectivity index (χ4n) is 1.76. The van der Waals surface area contributed by atoms with Gasteiger partial charge in [0.25, 0.3) is 0 Å². The third-order valence-corrected chi connectivity index (χ3v) is 4.30. The van der Waals surface area contributed by atoms with Crippen LogP contribution in [-0.2, 0) is 16.6 Å². The Morgan fingerprint density at radius 1 is 1.15 bits per heavy atom. The highest BCUT2D eigenvalue weighted by Gasteiger charge is 2.19. The Morgan fingerprint density at radius 3 is 2.45 bits per heavy atom. The minimum absolute atomic E-state index is 0.198. The summed E-state index contributed by atoms with van der Waals surface area (Å²) in [5.41, 5.74) is 0.927. The molecule has 0 saturated heterocycles. The van der Waals surface area contributed by atoms with E-state index in [-0.39, 0.29) is 4.90 Å². The zero-order valence-electron chi connectivity index (χ0n) is 12.4. The molecule has 1 rings (SSSR count). The molecule has 20 heavy (non-hydrogen) atoms. The van der Waals surface area contributed by atoms with E-state index in [0.29, 0.717) is 18.8 Å². The fourth-order valence-corrected chi connectivity index (χ4v) is 3.12. The number of nitrogens with one attached hydrogen (secondary N) is 2. The quantitative estimate of drug-likeness (QED) is 0.683. The van der Waals surface area contributed by atoms with Crippen molar-refractivity contribution in [2.45, 2.75) is 38.1 Å². The lowest BCUT2D eigenvalue weighted by Crippen LogP contribution is -2.25. The van der Waals surface area contributed by atoms with E-state index in [1.165, 1.54) is 7.11 Å².